The van der Waals surface area contributed by atoms with Crippen molar-refractivity contribution in [3.63, 3.8) is 0 Å². The highest BCUT2D eigenvalue weighted by atomic mass is 16.5. The summed E-state index contributed by atoms with van der Waals surface area (Å²) in [6, 6.07) is 13.1. The average Bonchev–Trinajstić information content (AvgIpc) is 2.80. The highest BCUT2D eigenvalue weighted by Gasteiger charge is 2.18. The number of aromatic carboxylic acids is 1. The summed E-state index contributed by atoms with van der Waals surface area (Å²) < 4.78 is 5.75. The largest absolute Gasteiger partial charge is 0.478 e. The van der Waals surface area contributed by atoms with Crippen LogP contribution in [0.4, 0.5) is 10.5 Å². The number of nitrogens with zero attached hydrogens (tertiary/aromatic N) is 1. The Balaban J connectivity index is 1.66. The summed E-state index contributed by atoms with van der Waals surface area (Å²) >= 11 is 0. The van der Waals surface area contributed by atoms with Gasteiger partial charge in [0, 0.05) is 13.1 Å². The molecule has 176 valence electrons. The summed E-state index contributed by atoms with van der Waals surface area (Å²) in [5.74, 6) is 1.75. The standard InChI is InChI=1S/C25H32N4O4/c1-3-26-25(32)29-24(27-16-18-9-7-17(2)8-10-18)28-20-11-13-21(14-12-20)33-22-6-4-5-19(15-22)23(30)31/h4-6,11-15,17-18H,3,7-10,16H2,1-2H3,(H,30,31)(H3,26,27,28,29,32)/t17-,18-. The molecule has 8 heteroatoms. The first-order valence-electron chi connectivity index (χ1n) is 11.4. The summed E-state index contributed by atoms with van der Waals surface area (Å²) in [6.07, 6.45) is 4.83. The van der Waals surface area contributed by atoms with Crippen LogP contribution in [-0.4, -0.2) is 36.2 Å². The molecule has 2 aromatic rings. The van der Waals surface area contributed by atoms with Crippen molar-refractivity contribution >= 4 is 23.6 Å². The van der Waals surface area contributed by atoms with Crippen LogP contribution in [0.15, 0.2) is 53.5 Å². The lowest BCUT2D eigenvalue weighted by Crippen LogP contribution is -2.47. The minimum atomic E-state index is -1.01. The lowest BCUT2D eigenvalue weighted by molar-refractivity contribution is 0.0696. The monoisotopic (exact) mass is 452 g/mol. The van der Waals surface area contributed by atoms with Crippen LogP contribution in [0.1, 0.15) is 49.9 Å². The quantitative estimate of drug-likeness (QED) is 0.353. The van der Waals surface area contributed by atoms with E-state index < -0.39 is 5.97 Å². The van der Waals surface area contributed by atoms with Gasteiger partial charge in [0.15, 0.2) is 0 Å². The number of carbonyl (C=O) groups excluding carboxylic acids is 1. The fraction of sp³-hybridized carbons (Fsp3) is 0.400. The van der Waals surface area contributed by atoms with Crippen molar-refractivity contribution in [1.82, 2.24) is 16.0 Å². The first-order valence-corrected chi connectivity index (χ1v) is 11.4. The zero-order valence-electron chi connectivity index (χ0n) is 19.1. The number of aliphatic imine (C=N–C) groups is 1. The predicted molar refractivity (Wildman–Crippen MR) is 128 cm³/mol. The molecule has 0 saturated heterocycles. The lowest BCUT2D eigenvalue weighted by atomic mass is 9.83. The van der Waals surface area contributed by atoms with Gasteiger partial charge in [0.2, 0.25) is 5.96 Å². The average molecular weight is 453 g/mol. The molecule has 8 nitrogen and oxygen atoms in total. The van der Waals surface area contributed by atoms with Gasteiger partial charge in [0.05, 0.1) is 11.3 Å². The molecule has 1 fully saturated rings. The molecular weight excluding hydrogens is 420 g/mol. The second kappa shape index (κ2) is 11.9. The van der Waals surface area contributed by atoms with Crippen LogP contribution in [-0.2, 0) is 0 Å². The number of ether oxygens (including phenoxy) is 1. The second-order valence-electron chi connectivity index (χ2n) is 8.38. The summed E-state index contributed by atoms with van der Waals surface area (Å²) in [6.45, 7) is 5.44. The van der Waals surface area contributed by atoms with Crippen molar-refractivity contribution in [3.8, 4) is 11.5 Å². The zero-order chi connectivity index (χ0) is 23.6. The Morgan fingerprint density at radius 1 is 1.03 bits per heavy atom. The first-order chi connectivity index (χ1) is 15.9. The van der Waals surface area contributed by atoms with E-state index in [4.69, 9.17) is 9.84 Å². The number of hydrogen-bond donors (Lipinski definition) is 4. The number of amides is 2. The molecule has 0 bridgehead atoms. The van der Waals surface area contributed by atoms with Gasteiger partial charge in [-0.2, -0.15) is 0 Å². The van der Waals surface area contributed by atoms with Crippen LogP contribution in [0, 0.1) is 11.8 Å². The van der Waals surface area contributed by atoms with Gasteiger partial charge in [-0.15, -0.1) is 0 Å². The Morgan fingerprint density at radius 3 is 2.42 bits per heavy atom. The molecule has 1 aliphatic carbocycles. The molecule has 0 aliphatic heterocycles. The molecule has 0 spiro atoms. The van der Waals surface area contributed by atoms with E-state index in [-0.39, 0.29) is 11.6 Å². The number of hydrogen-bond acceptors (Lipinski definition) is 4. The Labute approximate surface area is 194 Å². The Morgan fingerprint density at radius 2 is 1.76 bits per heavy atom. The number of carbonyl (C=O) groups is 2. The molecule has 0 radical (unpaired) electrons. The highest BCUT2D eigenvalue weighted by molar-refractivity contribution is 5.97. The van der Waals surface area contributed by atoms with E-state index in [0.717, 1.165) is 12.5 Å². The van der Waals surface area contributed by atoms with Crippen molar-refractivity contribution in [2.75, 3.05) is 13.1 Å². The molecular formula is C25H32N4O4. The molecule has 2 aromatic carbocycles. The van der Waals surface area contributed by atoms with Crippen molar-refractivity contribution in [3.05, 3.63) is 54.1 Å². The minimum absolute atomic E-state index is 0.160. The maximum absolute atomic E-state index is 12.1. The summed E-state index contributed by atoms with van der Waals surface area (Å²) in [4.78, 5) is 27.8. The number of benzene rings is 2. The summed E-state index contributed by atoms with van der Waals surface area (Å²) in [5.41, 5.74) is 0.812. The van der Waals surface area contributed by atoms with Crippen molar-refractivity contribution in [2.24, 2.45) is 16.8 Å². The van der Waals surface area contributed by atoms with E-state index in [1.165, 1.54) is 37.8 Å². The normalized spacial score (nSPS) is 18.3. The number of rotatable bonds is 7. The Hall–Kier alpha value is -3.55. The number of guanidine groups is 1. The lowest BCUT2D eigenvalue weighted by Gasteiger charge is -2.26. The zero-order valence-corrected chi connectivity index (χ0v) is 19.1. The van der Waals surface area contributed by atoms with Crippen LogP contribution in [0.3, 0.4) is 0 Å². The molecule has 0 unspecified atom stereocenters. The number of carboxylic acid groups (broad SMARTS) is 1. The number of carboxylic acids is 1. The molecule has 0 heterocycles. The first kappa shape index (κ1) is 24.1. The molecule has 0 atom stereocenters. The van der Waals surface area contributed by atoms with Crippen molar-refractivity contribution in [2.45, 2.75) is 39.5 Å². The predicted octanol–water partition coefficient (Wildman–Crippen LogP) is 4.90. The van der Waals surface area contributed by atoms with E-state index in [1.54, 1.807) is 36.4 Å². The Kier molecular flexibility index (Phi) is 8.69. The third kappa shape index (κ3) is 7.82. The van der Waals surface area contributed by atoms with E-state index in [0.29, 0.717) is 35.6 Å². The van der Waals surface area contributed by atoms with Crippen LogP contribution >= 0.6 is 0 Å². The van der Waals surface area contributed by atoms with E-state index in [2.05, 4.69) is 27.9 Å². The Bertz CT molecular complexity index is 967. The third-order valence-corrected chi connectivity index (χ3v) is 5.66. The second-order valence-corrected chi connectivity index (χ2v) is 8.38. The molecule has 1 saturated carbocycles. The molecule has 0 aromatic heterocycles. The molecule has 4 N–H and O–H groups in total. The van der Waals surface area contributed by atoms with E-state index in [1.807, 2.05) is 6.92 Å². The van der Waals surface area contributed by atoms with Crippen molar-refractivity contribution < 1.29 is 19.4 Å². The van der Waals surface area contributed by atoms with Gasteiger partial charge < -0.3 is 20.5 Å². The number of urea groups is 1. The SMILES string of the molecule is CCNC(=O)N/C(=N\c1ccc(Oc2cccc(C(=O)O)c2)cc1)NC[C@H]1CC[C@H](C)CC1. The van der Waals surface area contributed by atoms with Gasteiger partial charge in [-0.05, 0) is 74.1 Å². The van der Waals surface area contributed by atoms with E-state index in [9.17, 15) is 9.59 Å². The molecule has 2 amide bonds. The highest BCUT2D eigenvalue weighted by Crippen LogP contribution is 2.28. The maximum atomic E-state index is 12.1. The van der Waals surface area contributed by atoms with Crippen LogP contribution in [0.2, 0.25) is 0 Å². The van der Waals surface area contributed by atoms with Crippen molar-refractivity contribution in [1.29, 1.82) is 0 Å². The fourth-order valence-corrected chi connectivity index (χ4v) is 3.74. The van der Waals surface area contributed by atoms with Crippen LogP contribution < -0.4 is 20.7 Å². The van der Waals surface area contributed by atoms with Gasteiger partial charge in [-0.1, -0.05) is 25.8 Å². The maximum Gasteiger partial charge on any atom is 0.335 e. The van der Waals surface area contributed by atoms with E-state index >= 15 is 0 Å². The van der Waals surface area contributed by atoms with Gasteiger partial charge in [-0.3, -0.25) is 5.32 Å². The van der Waals surface area contributed by atoms with Gasteiger partial charge in [0.25, 0.3) is 0 Å². The minimum Gasteiger partial charge on any atom is -0.478 e. The van der Waals surface area contributed by atoms with Gasteiger partial charge in [0.1, 0.15) is 11.5 Å². The molecule has 1 aliphatic rings. The van der Waals surface area contributed by atoms with Gasteiger partial charge >= 0.3 is 12.0 Å². The molecule has 3 rings (SSSR count). The third-order valence-electron chi connectivity index (χ3n) is 5.66. The number of nitrogens with one attached hydrogen (secondary N) is 3. The summed E-state index contributed by atoms with van der Waals surface area (Å²) in [7, 11) is 0. The van der Waals surface area contributed by atoms with Crippen LogP contribution in [0.25, 0.3) is 0 Å². The summed E-state index contributed by atoms with van der Waals surface area (Å²) in [5, 5.41) is 17.9. The fourth-order valence-electron chi connectivity index (χ4n) is 3.74. The van der Waals surface area contributed by atoms with Gasteiger partial charge in [-0.25, -0.2) is 14.6 Å². The van der Waals surface area contributed by atoms with Crippen LogP contribution in [0.5, 0.6) is 11.5 Å². The smallest absolute Gasteiger partial charge is 0.335 e. The molecule has 33 heavy (non-hydrogen) atoms. The topological polar surface area (TPSA) is 112 Å².